The lowest BCUT2D eigenvalue weighted by atomic mass is 9.97. The fraction of sp³-hybridized carbons (Fsp3) is 1.00. The normalized spacial score (nSPS) is 33.2. The highest BCUT2D eigenvalue weighted by Crippen LogP contribution is 2.20. The van der Waals surface area contributed by atoms with Gasteiger partial charge in [-0.1, -0.05) is 6.42 Å². The van der Waals surface area contributed by atoms with Gasteiger partial charge in [0, 0.05) is 12.6 Å². The van der Waals surface area contributed by atoms with Crippen molar-refractivity contribution in [3.05, 3.63) is 0 Å². The molecule has 2 aliphatic rings. The first kappa shape index (κ1) is 15.2. The lowest BCUT2D eigenvalue weighted by molar-refractivity contribution is 0.0386. The van der Waals surface area contributed by atoms with Gasteiger partial charge in [-0.2, -0.15) is 0 Å². The molecule has 2 atom stereocenters. The van der Waals surface area contributed by atoms with Crippen LogP contribution >= 0.6 is 0 Å². The van der Waals surface area contributed by atoms with Crippen LogP contribution in [0.2, 0.25) is 0 Å². The summed E-state index contributed by atoms with van der Waals surface area (Å²) in [6, 6.07) is 0.362. The Kier molecular flexibility index (Phi) is 5.22. The molecule has 0 amide bonds. The van der Waals surface area contributed by atoms with Gasteiger partial charge < -0.3 is 10.1 Å². The quantitative estimate of drug-likeness (QED) is 0.793. The Morgan fingerprint density at radius 1 is 1.37 bits per heavy atom. The number of hydrogen-bond donors (Lipinski definition) is 2. The van der Waals surface area contributed by atoms with E-state index in [1.54, 1.807) is 0 Å². The van der Waals surface area contributed by atoms with E-state index in [1.807, 2.05) is 6.92 Å². The van der Waals surface area contributed by atoms with Gasteiger partial charge >= 0.3 is 0 Å². The largest absolute Gasteiger partial charge is 0.380 e. The summed E-state index contributed by atoms with van der Waals surface area (Å²) in [5.74, 6) is 0.209. The predicted molar refractivity (Wildman–Crippen MR) is 75.6 cm³/mol. The van der Waals surface area contributed by atoms with Gasteiger partial charge in [0.05, 0.1) is 17.9 Å². The van der Waals surface area contributed by atoms with Crippen LogP contribution in [0.5, 0.6) is 0 Å². The summed E-state index contributed by atoms with van der Waals surface area (Å²) in [4.78, 5) is 0. The van der Waals surface area contributed by atoms with Crippen LogP contribution in [0.1, 0.15) is 45.4 Å². The highest BCUT2D eigenvalue weighted by molar-refractivity contribution is 7.89. The molecule has 112 valence electrons. The summed E-state index contributed by atoms with van der Waals surface area (Å²) < 4.78 is 32.5. The van der Waals surface area contributed by atoms with E-state index in [4.69, 9.17) is 4.74 Å². The minimum absolute atomic E-state index is 0.209. The van der Waals surface area contributed by atoms with E-state index in [9.17, 15) is 8.42 Å². The first-order valence-electron chi connectivity index (χ1n) is 7.32. The van der Waals surface area contributed by atoms with E-state index in [2.05, 4.69) is 10.0 Å². The number of ether oxygens (including phenoxy) is 1. The molecule has 2 N–H and O–H groups in total. The molecule has 0 radical (unpaired) electrons. The first-order chi connectivity index (χ1) is 8.99. The van der Waals surface area contributed by atoms with Crippen molar-refractivity contribution in [2.45, 2.75) is 57.0 Å². The third-order valence-electron chi connectivity index (χ3n) is 3.99. The molecule has 2 rings (SSSR count). The number of nitrogens with one attached hydrogen (secondary N) is 2. The molecule has 0 aliphatic carbocycles. The smallest absolute Gasteiger partial charge is 0.212 e. The summed E-state index contributed by atoms with van der Waals surface area (Å²) in [5.41, 5.74) is -0.420. The van der Waals surface area contributed by atoms with Gasteiger partial charge in [-0.3, -0.25) is 0 Å². The van der Waals surface area contributed by atoms with Crippen LogP contribution in [-0.2, 0) is 14.8 Å². The fourth-order valence-electron chi connectivity index (χ4n) is 2.91. The van der Waals surface area contributed by atoms with E-state index in [0.717, 1.165) is 32.4 Å². The summed E-state index contributed by atoms with van der Waals surface area (Å²) in [6.45, 7) is 4.17. The Morgan fingerprint density at radius 3 is 2.84 bits per heavy atom. The molecular formula is C13H26N2O3S. The molecule has 0 saturated carbocycles. The number of hydrogen-bond acceptors (Lipinski definition) is 4. The molecule has 0 bridgehead atoms. The maximum absolute atomic E-state index is 12.2. The second kappa shape index (κ2) is 6.52. The van der Waals surface area contributed by atoms with Crippen molar-refractivity contribution in [1.29, 1.82) is 0 Å². The molecule has 0 aromatic carbocycles. The summed E-state index contributed by atoms with van der Waals surface area (Å²) >= 11 is 0. The molecule has 0 aromatic heterocycles. The average Bonchev–Trinajstić information content (AvgIpc) is 2.37. The minimum Gasteiger partial charge on any atom is -0.380 e. The molecule has 6 heteroatoms. The SMILES string of the molecule is CC1(NS(=O)(=O)CCC2CCCCN2)CCCOC1. The van der Waals surface area contributed by atoms with Crippen LogP contribution in [-0.4, -0.2) is 45.5 Å². The summed E-state index contributed by atoms with van der Waals surface area (Å²) in [6.07, 6.45) is 5.98. The Morgan fingerprint density at radius 2 is 2.21 bits per heavy atom. The van der Waals surface area contributed by atoms with Gasteiger partial charge in [-0.25, -0.2) is 13.1 Å². The Balaban J connectivity index is 1.80. The van der Waals surface area contributed by atoms with E-state index in [-0.39, 0.29) is 5.75 Å². The zero-order valence-electron chi connectivity index (χ0n) is 11.8. The Bertz CT molecular complexity index is 371. The van der Waals surface area contributed by atoms with Crippen molar-refractivity contribution in [2.75, 3.05) is 25.5 Å². The Hall–Kier alpha value is -0.170. The molecule has 5 nitrogen and oxygen atoms in total. The van der Waals surface area contributed by atoms with Crippen LogP contribution in [0.3, 0.4) is 0 Å². The van der Waals surface area contributed by atoms with Crippen molar-refractivity contribution in [3.63, 3.8) is 0 Å². The van der Waals surface area contributed by atoms with Gasteiger partial charge in [-0.15, -0.1) is 0 Å². The summed E-state index contributed by atoms with van der Waals surface area (Å²) in [5, 5.41) is 3.39. The zero-order valence-corrected chi connectivity index (χ0v) is 12.6. The van der Waals surface area contributed by atoms with E-state index >= 15 is 0 Å². The van der Waals surface area contributed by atoms with Crippen LogP contribution in [0, 0.1) is 0 Å². The molecule has 2 unspecified atom stereocenters. The monoisotopic (exact) mass is 290 g/mol. The molecule has 2 heterocycles. The molecule has 2 aliphatic heterocycles. The number of sulfonamides is 1. The third-order valence-corrected chi connectivity index (χ3v) is 5.56. The van der Waals surface area contributed by atoms with Crippen LogP contribution in [0.15, 0.2) is 0 Å². The average molecular weight is 290 g/mol. The van der Waals surface area contributed by atoms with E-state index in [0.29, 0.717) is 19.1 Å². The van der Waals surface area contributed by atoms with Crippen LogP contribution in [0.4, 0.5) is 0 Å². The van der Waals surface area contributed by atoms with E-state index < -0.39 is 15.6 Å². The van der Waals surface area contributed by atoms with Gasteiger partial charge in [0.1, 0.15) is 0 Å². The lowest BCUT2D eigenvalue weighted by Gasteiger charge is -2.34. The number of rotatable bonds is 5. The fourth-order valence-corrected chi connectivity index (χ4v) is 4.52. The zero-order chi connectivity index (χ0) is 13.8. The maximum atomic E-state index is 12.2. The topological polar surface area (TPSA) is 67.4 Å². The van der Waals surface area contributed by atoms with Crippen molar-refractivity contribution >= 4 is 10.0 Å². The summed E-state index contributed by atoms with van der Waals surface area (Å²) in [7, 11) is -3.21. The van der Waals surface area contributed by atoms with Crippen molar-refractivity contribution in [3.8, 4) is 0 Å². The second-order valence-corrected chi connectivity index (χ2v) is 7.92. The first-order valence-corrected chi connectivity index (χ1v) is 8.97. The van der Waals surface area contributed by atoms with Crippen molar-refractivity contribution in [2.24, 2.45) is 0 Å². The van der Waals surface area contributed by atoms with Gasteiger partial charge in [0.25, 0.3) is 0 Å². The van der Waals surface area contributed by atoms with Crippen LogP contribution in [0.25, 0.3) is 0 Å². The van der Waals surface area contributed by atoms with Gasteiger partial charge in [0.15, 0.2) is 0 Å². The van der Waals surface area contributed by atoms with Gasteiger partial charge in [0.2, 0.25) is 10.0 Å². The lowest BCUT2D eigenvalue weighted by Crippen LogP contribution is -2.52. The van der Waals surface area contributed by atoms with Crippen molar-refractivity contribution < 1.29 is 13.2 Å². The van der Waals surface area contributed by atoms with Crippen molar-refractivity contribution in [1.82, 2.24) is 10.0 Å². The third kappa shape index (κ3) is 5.02. The minimum atomic E-state index is -3.21. The molecule has 0 spiro atoms. The number of piperidine rings is 1. The molecule has 0 aromatic rings. The van der Waals surface area contributed by atoms with Gasteiger partial charge in [-0.05, 0) is 45.6 Å². The highest BCUT2D eigenvalue weighted by atomic mass is 32.2. The molecule has 2 saturated heterocycles. The molecular weight excluding hydrogens is 264 g/mol. The predicted octanol–water partition coefficient (Wildman–Crippen LogP) is 1.01. The highest BCUT2D eigenvalue weighted by Gasteiger charge is 2.32. The molecule has 2 fully saturated rings. The second-order valence-electron chi connectivity index (χ2n) is 6.07. The Labute approximate surface area is 116 Å². The molecule has 19 heavy (non-hydrogen) atoms. The van der Waals surface area contributed by atoms with Crippen LogP contribution < -0.4 is 10.0 Å². The van der Waals surface area contributed by atoms with E-state index in [1.165, 1.54) is 12.8 Å². The standard InChI is InChI=1S/C13H26N2O3S/c1-13(7-4-9-18-11-13)15-19(16,17)10-6-12-5-2-3-8-14-12/h12,14-15H,2-11H2,1H3. The maximum Gasteiger partial charge on any atom is 0.212 e.